The number of benzene rings is 1. The Hall–Kier alpha value is -2.50. The normalized spacial score (nSPS) is 15.5. The van der Waals surface area contributed by atoms with Crippen LogP contribution in [0.25, 0.3) is 6.08 Å². The summed E-state index contributed by atoms with van der Waals surface area (Å²) < 4.78 is 5.09. The number of allylic oxidation sites excluding steroid dienone is 1. The number of piperidine rings is 1. The Morgan fingerprint density at radius 3 is 2.56 bits per heavy atom. The lowest BCUT2D eigenvalue weighted by molar-refractivity contribution is -0.132. The van der Waals surface area contributed by atoms with Gasteiger partial charge < -0.3 is 19.8 Å². The fraction of sp³-hybridized carbons (Fsp3) is 0.474. The smallest absolute Gasteiger partial charge is 0.340 e. The summed E-state index contributed by atoms with van der Waals surface area (Å²) in [4.78, 5) is 25.2. The lowest BCUT2D eigenvalue weighted by Gasteiger charge is -2.30. The summed E-state index contributed by atoms with van der Waals surface area (Å²) in [6, 6.07) is 2.89. The molecular formula is C19H25NO5. The van der Waals surface area contributed by atoms with E-state index in [0.29, 0.717) is 17.7 Å². The minimum Gasteiger partial charge on any atom is -0.507 e. The molecule has 1 aliphatic heterocycles. The zero-order valence-corrected chi connectivity index (χ0v) is 14.7. The van der Waals surface area contributed by atoms with Gasteiger partial charge in [0.15, 0.2) is 0 Å². The Morgan fingerprint density at radius 1 is 1.32 bits per heavy atom. The van der Waals surface area contributed by atoms with Crippen molar-refractivity contribution in [3.63, 3.8) is 0 Å². The van der Waals surface area contributed by atoms with Crippen LogP contribution in [-0.4, -0.2) is 47.2 Å². The number of nitrogens with zero attached hydrogens (tertiary/aromatic N) is 1. The van der Waals surface area contributed by atoms with E-state index in [1.165, 1.54) is 13.2 Å². The largest absolute Gasteiger partial charge is 0.507 e. The van der Waals surface area contributed by atoms with Crippen molar-refractivity contribution in [2.75, 3.05) is 20.2 Å². The van der Waals surface area contributed by atoms with Crippen LogP contribution < -0.4 is 4.74 Å². The highest BCUT2D eigenvalue weighted by atomic mass is 16.5. The number of likely N-dealkylation sites (tertiary alicyclic amines) is 1. The van der Waals surface area contributed by atoms with Crippen LogP contribution in [0.15, 0.2) is 18.2 Å². The minimum atomic E-state index is -1.18. The van der Waals surface area contributed by atoms with Crippen LogP contribution in [-0.2, 0) is 4.79 Å². The minimum absolute atomic E-state index is 0.132. The molecule has 1 fully saturated rings. The van der Waals surface area contributed by atoms with E-state index in [2.05, 4.69) is 0 Å². The number of hydrogen-bond donors (Lipinski definition) is 2. The summed E-state index contributed by atoms with van der Waals surface area (Å²) in [6.07, 6.45) is 6.83. The third-order valence-electron chi connectivity index (χ3n) is 4.48. The van der Waals surface area contributed by atoms with Crippen LogP contribution >= 0.6 is 0 Å². The van der Waals surface area contributed by atoms with Crippen molar-refractivity contribution in [3.05, 3.63) is 29.3 Å². The second kappa shape index (κ2) is 8.55. The van der Waals surface area contributed by atoms with Gasteiger partial charge in [0.1, 0.15) is 17.1 Å². The number of carboxylic acid groups (broad SMARTS) is 1. The van der Waals surface area contributed by atoms with Crippen LogP contribution in [0, 0.1) is 5.92 Å². The maximum absolute atomic E-state index is 11.9. The van der Waals surface area contributed by atoms with Crippen molar-refractivity contribution in [3.8, 4) is 11.5 Å². The SMILES string of the molecule is CCCC(=O)N1CCC(/C=C/c2cc(OC)cc(O)c2C(=O)O)CC1. The van der Waals surface area contributed by atoms with E-state index in [-0.39, 0.29) is 23.1 Å². The highest BCUT2D eigenvalue weighted by Crippen LogP contribution is 2.30. The molecule has 1 aromatic rings. The molecule has 1 heterocycles. The summed E-state index contributed by atoms with van der Waals surface area (Å²) in [7, 11) is 1.46. The summed E-state index contributed by atoms with van der Waals surface area (Å²) in [5.41, 5.74) is 0.279. The molecular weight excluding hydrogens is 322 g/mol. The number of carbonyl (C=O) groups excluding carboxylic acids is 1. The molecule has 136 valence electrons. The maximum Gasteiger partial charge on any atom is 0.340 e. The third-order valence-corrected chi connectivity index (χ3v) is 4.48. The van der Waals surface area contributed by atoms with E-state index < -0.39 is 5.97 Å². The number of rotatable bonds is 6. The van der Waals surface area contributed by atoms with Gasteiger partial charge in [-0.2, -0.15) is 0 Å². The number of aromatic hydroxyl groups is 1. The molecule has 1 amide bonds. The highest BCUT2D eigenvalue weighted by Gasteiger charge is 2.21. The van der Waals surface area contributed by atoms with E-state index in [9.17, 15) is 19.8 Å². The number of methoxy groups -OCH3 is 1. The van der Waals surface area contributed by atoms with Gasteiger partial charge in [-0.15, -0.1) is 0 Å². The molecule has 1 saturated heterocycles. The van der Waals surface area contributed by atoms with E-state index in [1.54, 1.807) is 12.1 Å². The number of amides is 1. The van der Waals surface area contributed by atoms with Gasteiger partial charge in [0.25, 0.3) is 0 Å². The van der Waals surface area contributed by atoms with Crippen molar-refractivity contribution in [1.29, 1.82) is 0 Å². The first-order chi connectivity index (χ1) is 12.0. The van der Waals surface area contributed by atoms with E-state index in [4.69, 9.17) is 4.74 Å². The van der Waals surface area contributed by atoms with Crippen LogP contribution in [0.3, 0.4) is 0 Å². The van der Waals surface area contributed by atoms with Crippen LogP contribution in [0.1, 0.15) is 48.5 Å². The van der Waals surface area contributed by atoms with Gasteiger partial charge in [-0.25, -0.2) is 4.79 Å². The van der Waals surface area contributed by atoms with Gasteiger partial charge in [0.2, 0.25) is 5.91 Å². The standard InChI is InChI=1S/C19H25NO5/c1-3-4-17(22)20-9-7-13(8-10-20)5-6-14-11-15(25-2)12-16(21)18(14)19(23)24/h5-6,11-13,21H,3-4,7-10H2,1-2H3,(H,23,24)/b6-5+. The van der Waals surface area contributed by atoms with Crippen molar-refractivity contribution < 1.29 is 24.5 Å². The van der Waals surface area contributed by atoms with Gasteiger partial charge in [0.05, 0.1) is 7.11 Å². The molecule has 0 radical (unpaired) electrons. The zero-order valence-electron chi connectivity index (χ0n) is 14.7. The molecule has 0 aliphatic carbocycles. The summed E-state index contributed by atoms with van der Waals surface area (Å²) in [5.74, 6) is -0.607. The second-order valence-electron chi connectivity index (χ2n) is 6.24. The first-order valence-corrected chi connectivity index (χ1v) is 8.56. The molecule has 6 heteroatoms. The monoisotopic (exact) mass is 347 g/mol. The predicted molar refractivity (Wildman–Crippen MR) is 94.9 cm³/mol. The highest BCUT2D eigenvalue weighted by molar-refractivity contribution is 5.95. The Labute approximate surface area is 147 Å². The van der Waals surface area contributed by atoms with Crippen LogP contribution in [0.4, 0.5) is 0 Å². The van der Waals surface area contributed by atoms with Gasteiger partial charge >= 0.3 is 5.97 Å². The average molecular weight is 347 g/mol. The Balaban J connectivity index is 2.09. The van der Waals surface area contributed by atoms with E-state index in [0.717, 1.165) is 32.4 Å². The van der Waals surface area contributed by atoms with Gasteiger partial charge in [-0.3, -0.25) is 4.79 Å². The molecule has 0 unspecified atom stereocenters. The molecule has 0 saturated carbocycles. The fourth-order valence-electron chi connectivity index (χ4n) is 3.06. The van der Waals surface area contributed by atoms with E-state index >= 15 is 0 Å². The maximum atomic E-state index is 11.9. The molecule has 2 N–H and O–H groups in total. The molecule has 0 spiro atoms. The quantitative estimate of drug-likeness (QED) is 0.825. The molecule has 25 heavy (non-hydrogen) atoms. The molecule has 2 rings (SSSR count). The molecule has 0 bridgehead atoms. The summed E-state index contributed by atoms with van der Waals surface area (Å²) in [6.45, 7) is 3.45. The predicted octanol–water partition coefficient (Wildman–Crippen LogP) is 3.15. The van der Waals surface area contributed by atoms with Crippen LogP contribution in [0.2, 0.25) is 0 Å². The molecule has 0 aromatic heterocycles. The Bertz CT molecular complexity index is 660. The second-order valence-corrected chi connectivity index (χ2v) is 6.24. The van der Waals surface area contributed by atoms with Gasteiger partial charge in [0, 0.05) is 25.6 Å². The van der Waals surface area contributed by atoms with Crippen molar-refractivity contribution in [1.82, 2.24) is 4.90 Å². The van der Waals surface area contributed by atoms with Gasteiger partial charge in [-0.05, 0) is 36.8 Å². The summed E-state index contributed by atoms with van der Waals surface area (Å²) >= 11 is 0. The average Bonchev–Trinajstić information content (AvgIpc) is 2.59. The molecule has 1 aliphatic rings. The number of ether oxygens (including phenoxy) is 1. The lowest BCUT2D eigenvalue weighted by Crippen LogP contribution is -2.37. The first-order valence-electron chi connectivity index (χ1n) is 8.56. The topological polar surface area (TPSA) is 87.1 Å². The fourth-order valence-corrected chi connectivity index (χ4v) is 3.06. The number of aromatic carboxylic acids is 1. The first kappa shape index (κ1) is 18.8. The number of carboxylic acids is 1. The van der Waals surface area contributed by atoms with E-state index in [1.807, 2.05) is 17.9 Å². The van der Waals surface area contributed by atoms with Gasteiger partial charge in [-0.1, -0.05) is 19.1 Å². The van der Waals surface area contributed by atoms with Crippen molar-refractivity contribution in [2.45, 2.75) is 32.6 Å². The molecule has 6 nitrogen and oxygen atoms in total. The number of carbonyl (C=O) groups is 2. The lowest BCUT2D eigenvalue weighted by atomic mass is 9.94. The van der Waals surface area contributed by atoms with Crippen molar-refractivity contribution >= 4 is 18.0 Å². The third kappa shape index (κ3) is 4.75. The zero-order chi connectivity index (χ0) is 18.4. The number of phenols is 1. The summed E-state index contributed by atoms with van der Waals surface area (Å²) in [5, 5.41) is 19.2. The Kier molecular flexibility index (Phi) is 6.44. The van der Waals surface area contributed by atoms with Crippen molar-refractivity contribution in [2.24, 2.45) is 5.92 Å². The number of hydrogen-bond acceptors (Lipinski definition) is 4. The molecule has 0 atom stereocenters. The van der Waals surface area contributed by atoms with Crippen LogP contribution in [0.5, 0.6) is 11.5 Å². The molecule has 1 aromatic carbocycles. The Morgan fingerprint density at radius 2 is 2.00 bits per heavy atom.